The zero-order chi connectivity index (χ0) is 55.0. The van der Waals surface area contributed by atoms with Crippen LogP contribution in [0.2, 0.25) is 0 Å². The van der Waals surface area contributed by atoms with E-state index in [2.05, 4.69) is 49.7 Å². The molecule has 7 radical (unpaired) electrons. The third-order valence-electron chi connectivity index (χ3n) is 11.8. The van der Waals surface area contributed by atoms with Crippen LogP contribution in [0.1, 0.15) is 101 Å². The van der Waals surface area contributed by atoms with Crippen LogP contribution in [0.5, 0.6) is 0 Å². The van der Waals surface area contributed by atoms with Crippen LogP contribution in [0.25, 0.3) is 6.08 Å². The van der Waals surface area contributed by atoms with Gasteiger partial charge in [-0.1, -0.05) is 197 Å². The van der Waals surface area contributed by atoms with E-state index in [1.807, 2.05) is 154 Å². The van der Waals surface area contributed by atoms with E-state index in [0.29, 0.717) is 35.4 Å². The summed E-state index contributed by atoms with van der Waals surface area (Å²) in [5.41, 5.74) is 5.71. The van der Waals surface area contributed by atoms with Crippen LogP contribution in [0.4, 0.5) is 0 Å². The summed E-state index contributed by atoms with van der Waals surface area (Å²) in [6.07, 6.45) is 10.7. The quantitative estimate of drug-likeness (QED) is 0.0229. The fraction of sp³-hybridized carbons (Fsp3) is 0.250. The fourth-order valence-corrected chi connectivity index (χ4v) is 10.5. The first-order chi connectivity index (χ1) is 37.4. The monoisotopic (exact) mass is 1330 g/mol. The van der Waals surface area contributed by atoms with Crippen LogP contribution in [-0.4, -0.2) is 45.2 Å². The number of benzene rings is 5. The van der Waals surface area contributed by atoms with Gasteiger partial charge in [0, 0.05) is 55.0 Å². The number of rotatable bonds is 22. The molecule has 0 fully saturated rings. The summed E-state index contributed by atoms with van der Waals surface area (Å²) in [5.74, 6) is 0.716. The van der Waals surface area contributed by atoms with Gasteiger partial charge in [0.1, 0.15) is 37.1 Å². The van der Waals surface area contributed by atoms with Crippen LogP contribution in [0, 0.1) is 17.8 Å². The van der Waals surface area contributed by atoms with E-state index < -0.39 is 0 Å². The van der Waals surface area contributed by atoms with Crippen molar-refractivity contribution in [2.24, 2.45) is 17.8 Å². The minimum absolute atomic E-state index is 0. The molecule has 8 aromatic rings. The number of thioether (sulfide) groups is 2. The van der Waals surface area contributed by atoms with Gasteiger partial charge >= 0.3 is 17.9 Å². The molecule has 0 spiro atoms. The van der Waals surface area contributed by atoms with Crippen molar-refractivity contribution in [1.29, 1.82) is 0 Å². The zero-order valence-corrected chi connectivity index (χ0v) is 50.9. The van der Waals surface area contributed by atoms with Crippen LogP contribution in [0.3, 0.4) is 0 Å². The second-order valence-corrected chi connectivity index (χ2v) is 21.4. The summed E-state index contributed by atoms with van der Waals surface area (Å²) in [4.78, 5) is 36.4. The summed E-state index contributed by atoms with van der Waals surface area (Å²) in [6.45, 7) is 9.83. The van der Waals surface area contributed by atoms with E-state index in [9.17, 15) is 14.4 Å². The van der Waals surface area contributed by atoms with Gasteiger partial charge in [-0.25, -0.2) is 0 Å². The van der Waals surface area contributed by atoms with E-state index in [0.717, 1.165) is 27.3 Å². The first-order valence-corrected chi connectivity index (χ1v) is 28.4. The number of ether oxygens (including phenoxy) is 3. The molecule has 6 atom stereocenters. The van der Waals surface area contributed by atoms with E-state index >= 15 is 0 Å². The largest absolute Gasteiger partial charge is 0.466 e. The molecule has 80 heavy (non-hydrogen) atoms. The van der Waals surface area contributed by atoms with Crippen molar-refractivity contribution in [3.8, 4) is 0 Å². The number of thiol groups is 1. The molecular weight excluding hydrogens is 1260 g/mol. The smallest absolute Gasteiger partial charge is 0.309 e. The van der Waals surface area contributed by atoms with Crippen LogP contribution in [0.15, 0.2) is 227 Å². The Morgan fingerprint density at radius 1 is 0.512 bits per heavy atom. The van der Waals surface area contributed by atoms with Gasteiger partial charge in [0.25, 0.3) is 0 Å². The summed E-state index contributed by atoms with van der Waals surface area (Å²) < 4.78 is 32.2. The number of carbonyl (C=O) groups is 3. The minimum atomic E-state index is -0.258. The molecule has 0 aliphatic heterocycles. The Morgan fingerprint density at radius 2 is 0.850 bits per heavy atom. The molecule has 0 saturated heterocycles. The van der Waals surface area contributed by atoms with Crippen molar-refractivity contribution in [1.82, 2.24) is 0 Å². The molecule has 3 aromatic heterocycles. The van der Waals surface area contributed by atoms with Gasteiger partial charge in [0.05, 0.1) is 40.7 Å². The topological polar surface area (TPSA) is 118 Å². The first kappa shape index (κ1) is 70.2. The first-order valence-electron chi connectivity index (χ1n) is 25.3. The molecular formula is C64H68AuB2O9S4. The molecule has 0 aliphatic carbocycles. The molecule has 6 unspecified atom stereocenters. The third kappa shape index (κ3) is 26.1. The average molecular weight is 1330 g/mol. The van der Waals surface area contributed by atoms with Gasteiger partial charge in [-0.3, -0.25) is 14.4 Å². The molecule has 16 heteroatoms. The van der Waals surface area contributed by atoms with Crippen LogP contribution < -0.4 is 0 Å². The van der Waals surface area contributed by atoms with Crippen LogP contribution in [-0.2, 0) is 70.8 Å². The Balaban J connectivity index is 0.000000381. The molecule has 0 N–H and O–H groups in total. The second-order valence-electron chi connectivity index (χ2n) is 17.8. The molecule has 9 nitrogen and oxygen atoms in total. The van der Waals surface area contributed by atoms with Crippen molar-refractivity contribution >= 4 is 93.4 Å². The Morgan fingerprint density at radius 3 is 1.20 bits per heavy atom. The molecule has 0 aliphatic rings. The van der Waals surface area contributed by atoms with Crippen molar-refractivity contribution in [3.05, 3.63) is 259 Å². The summed E-state index contributed by atoms with van der Waals surface area (Å²) in [7, 11) is 0. The SMILES string of the molecule is C=Cc1ccccc1.CC(CC(S)c1ccccc1)C(=O)OCc1ccco1.CC(CC(SC(=S)c1ccccc1)c1ccccc1)C(=O)OCc1ccco1.CSC(CC(C)C(=O)OCc1ccco1)c1ccccc1.[Au].[B].[B]. The number of thiocarbonyl (C=S) groups is 1. The van der Waals surface area contributed by atoms with Crippen molar-refractivity contribution in [2.75, 3.05) is 6.26 Å². The van der Waals surface area contributed by atoms with Crippen LogP contribution >= 0.6 is 48.4 Å². The number of carbonyl (C=O) groups excluding carboxylic acids is 3. The summed E-state index contributed by atoms with van der Waals surface area (Å²) in [5, 5.41) is 0.403. The standard InChI is InChI=1S/C23H22O3S2.C17H20O3S.C16H18O3S.C8H8.Au.2B/c1-17(22(24)26-16-20-13-8-14-25-20)15-21(18-9-4-2-5-10-18)28-23(27)19-11-6-3-7-12-19;1-13(17(18)20-12-15-9-6-10-19-15)11-16(21-2)14-7-4-3-5-8-14;1-12(10-15(20)13-6-3-2-4-7-13)16(17)19-11-14-8-5-9-18-14;1-2-8-6-4-3-5-7-8;;;/h2-14,17,21H,15-16H2,1H3;3-10,13,16H,11-12H2,1-2H3;2-9,12,15,20H,10-11H2,1H3;2-7H,1H2;;;. The van der Waals surface area contributed by atoms with E-state index in [1.54, 1.807) is 78.7 Å². The summed E-state index contributed by atoms with van der Waals surface area (Å²) in [6, 6.07) is 61.0. The van der Waals surface area contributed by atoms with Gasteiger partial charge < -0.3 is 27.5 Å². The Labute approximate surface area is 511 Å². The molecule has 0 saturated carbocycles. The average Bonchev–Trinajstić information content (AvgIpc) is 4.33. The number of hydrogen-bond acceptors (Lipinski definition) is 13. The molecule has 5 aromatic carbocycles. The van der Waals surface area contributed by atoms with Gasteiger partial charge in [0.15, 0.2) is 0 Å². The number of esters is 3. The minimum Gasteiger partial charge on any atom is -0.466 e. The number of hydrogen-bond donors (Lipinski definition) is 1. The fourth-order valence-electron chi connectivity index (χ4n) is 7.43. The van der Waals surface area contributed by atoms with Gasteiger partial charge in [-0.15, -0.1) is 11.8 Å². The van der Waals surface area contributed by atoms with E-state index in [-0.39, 0.29) is 105 Å². The van der Waals surface area contributed by atoms with E-state index in [1.165, 1.54) is 11.1 Å². The van der Waals surface area contributed by atoms with E-state index in [4.69, 9.17) is 39.7 Å². The normalized spacial score (nSPS) is 12.4. The Bertz CT molecular complexity index is 2870. The van der Waals surface area contributed by atoms with Gasteiger partial charge in [-0.05, 0) is 89.7 Å². The number of furan rings is 3. The molecule has 0 bridgehead atoms. The van der Waals surface area contributed by atoms with Gasteiger partial charge in [0.2, 0.25) is 0 Å². The molecule has 419 valence electrons. The van der Waals surface area contributed by atoms with Crippen molar-refractivity contribution in [3.63, 3.8) is 0 Å². The zero-order valence-electron chi connectivity index (χ0n) is 45.4. The maximum atomic E-state index is 12.5. The third-order valence-corrected chi connectivity index (χ3v) is 15.1. The second kappa shape index (κ2) is 40.3. The predicted molar refractivity (Wildman–Crippen MR) is 331 cm³/mol. The maximum absolute atomic E-state index is 12.5. The molecule has 3 heterocycles. The predicted octanol–water partition coefficient (Wildman–Crippen LogP) is 16.2. The maximum Gasteiger partial charge on any atom is 0.309 e. The van der Waals surface area contributed by atoms with Gasteiger partial charge in [-0.2, -0.15) is 24.4 Å². The molecule has 8 rings (SSSR count). The van der Waals surface area contributed by atoms with Crippen molar-refractivity contribution < 1.29 is 64.2 Å². The Hall–Kier alpha value is -5.90. The molecule has 0 amide bonds. The Kier molecular flexibility index (Phi) is 35.4. The van der Waals surface area contributed by atoms with Crippen molar-refractivity contribution in [2.45, 2.75) is 75.6 Å². The summed E-state index contributed by atoms with van der Waals surface area (Å²) >= 11 is 13.6.